The number of fused-ring (bicyclic) bond motifs is 1. The molecule has 1 aliphatic heterocycles. The largest absolute Gasteiger partial charge is 0.504 e. The number of hydrogen-bond donors (Lipinski definition) is 7. The van der Waals surface area contributed by atoms with Crippen molar-refractivity contribution in [1.82, 2.24) is 10.6 Å². The van der Waals surface area contributed by atoms with E-state index in [9.17, 15) is 34.5 Å². The highest BCUT2D eigenvalue weighted by Gasteiger charge is 2.30. The number of aliphatic hydroxyl groups is 1. The number of phenols is 2. The number of carbonyl (C=O) groups excluding carboxylic acids is 3. The summed E-state index contributed by atoms with van der Waals surface area (Å²) in [5.41, 5.74) is 5.33. The van der Waals surface area contributed by atoms with Gasteiger partial charge >= 0.3 is 11.9 Å². The van der Waals surface area contributed by atoms with E-state index < -0.39 is 66.6 Å². The molecule has 13 heteroatoms. The van der Waals surface area contributed by atoms with Gasteiger partial charge in [0, 0.05) is 17.1 Å². The summed E-state index contributed by atoms with van der Waals surface area (Å²) in [6.45, 7) is -1.38. The molecule has 0 saturated carbocycles. The van der Waals surface area contributed by atoms with E-state index in [0.717, 1.165) is 17.8 Å². The lowest BCUT2D eigenvalue weighted by atomic mass is 10.1. The summed E-state index contributed by atoms with van der Waals surface area (Å²) in [7, 11) is 0. The minimum atomic E-state index is -1.49. The van der Waals surface area contributed by atoms with Crippen LogP contribution >= 0.6 is 11.8 Å². The summed E-state index contributed by atoms with van der Waals surface area (Å²) >= 11 is 0.983. The van der Waals surface area contributed by atoms with Crippen LogP contribution in [0.3, 0.4) is 0 Å². The fraction of sp³-hybridized carbons (Fsp3) is 0.412. The number of carboxylic acids is 1. The molecule has 8 N–H and O–H groups in total. The molecule has 2 amide bonds. The fourth-order valence-electron chi connectivity index (χ4n) is 2.47. The van der Waals surface area contributed by atoms with Crippen molar-refractivity contribution < 1.29 is 44.3 Å². The third-order valence-corrected chi connectivity index (χ3v) is 5.24. The van der Waals surface area contributed by atoms with Crippen molar-refractivity contribution in [3.8, 4) is 11.5 Å². The van der Waals surface area contributed by atoms with Gasteiger partial charge in [0.15, 0.2) is 11.5 Å². The van der Waals surface area contributed by atoms with Crippen molar-refractivity contribution in [2.75, 3.05) is 19.0 Å². The number of benzene rings is 1. The Labute approximate surface area is 174 Å². The van der Waals surface area contributed by atoms with Gasteiger partial charge in [0.1, 0.15) is 24.7 Å². The number of thioether (sulfide) groups is 1. The van der Waals surface area contributed by atoms with Gasteiger partial charge in [-0.1, -0.05) is 0 Å². The third-order valence-electron chi connectivity index (χ3n) is 4.17. The minimum absolute atomic E-state index is 0.0314. The first-order valence-electron chi connectivity index (χ1n) is 8.64. The molecule has 0 aliphatic carbocycles. The molecule has 0 unspecified atom stereocenters. The lowest BCUT2D eigenvalue weighted by Crippen LogP contribution is -2.57. The van der Waals surface area contributed by atoms with Gasteiger partial charge in [-0.2, -0.15) is 11.8 Å². The van der Waals surface area contributed by atoms with Crippen LogP contribution < -0.4 is 16.4 Å². The van der Waals surface area contributed by atoms with Crippen LogP contribution in [0.2, 0.25) is 0 Å². The summed E-state index contributed by atoms with van der Waals surface area (Å²) in [4.78, 5) is 48.4. The zero-order chi connectivity index (χ0) is 22.4. The standard InChI is InChI=1S/C17H21N3O9S/c18-9(3-21)14(24)19-10-4-29-17(28)7-1-2-12(22)13(23)8(7)5-30-6-11(16(26)27)20-15(10)25/h1-2,9-11,21-23H,3-6,18H2,(H,19,24)(H,20,25)(H,26,27)/t9-,10-,11-/m0/s1. The molecular weight excluding hydrogens is 422 g/mol. The van der Waals surface area contributed by atoms with Gasteiger partial charge in [-0.3, -0.25) is 9.59 Å². The van der Waals surface area contributed by atoms with Crippen LogP contribution in [0.5, 0.6) is 11.5 Å². The van der Waals surface area contributed by atoms with Crippen molar-refractivity contribution >= 4 is 35.5 Å². The molecule has 2 rings (SSSR count). The van der Waals surface area contributed by atoms with E-state index in [0.29, 0.717) is 0 Å². The lowest BCUT2D eigenvalue weighted by Gasteiger charge is -2.23. The number of esters is 1. The van der Waals surface area contributed by atoms with Crippen LogP contribution in [0.25, 0.3) is 0 Å². The first-order valence-corrected chi connectivity index (χ1v) is 9.79. The number of nitrogens with two attached hydrogens (primary N) is 1. The van der Waals surface area contributed by atoms with Crippen molar-refractivity contribution in [3.05, 3.63) is 23.3 Å². The summed E-state index contributed by atoms with van der Waals surface area (Å²) < 4.78 is 5.06. The quantitative estimate of drug-likeness (QED) is 0.197. The maximum absolute atomic E-state index is 12.5. The summed E-state index contributed by atoms with van der Waals surface area (Å²) in [5, 5.41) is 42.5. The molecule has 3 atom stereocenters. The van der Waals surface area contributed by atoms with E-state index in [1.807, 2.05) is 0 Å². The average Bonchev–Trinajstić information content (AvgIpc) is 2.71. The Hall–Kier alpha value is -3.03. The number of carboxylic acid groups (broad SMARTS) is 1. The monoisotopic (exact) mass is 443 g/mol. The Morgan fingerprint density at radius 2 is 2.03 bits per heavy atom. The number of aromatic hydroxyl groups is 2. The van der Waals surface area contributed by atoms with E-state index >= 15 is 0 Å². The highest BCUT2D eigenvalue weighted by molar-refractivity contribution is 7.98. The molecule has 1 aromatic carbocycles. The molecule has 1 aliphatic rings. The summed E-state index contributed by atoms with van der Waals surface area (Å²) in [6.07, 6.45) is 0. The number of phenolic OH excluding ortho intramolecular Hbond substituents is 2. The Bertz CT molecular complexity index is 848. The second-order valence-corrected chi connectivity index (χ2v) is 7.35. The lowest BCUT2D eigenvalue weighted by molar-refractivity contribution is -0.141. The normalized spacial score (nSPS) is 21.1. The molecular formula is C17H21N3O9S. The molecule has 0 spiro atoms. The van der Waals surface area contributed by atoms with Crippen molar-refractivity contribution in [2.24, 2.45) is 5.73 Å². The van der Waals surface area contributed by atoms with Crippen molar-refractivity contribution in [1.29, 1.82) is 0 Å². The molecule has 0 fully saturated rings. The van der Waals surface area contributed by atoms with Gasteiger partial charge < -0.3 is 41.5 Å². The zero-order valence-electron chi connectivity index (χ0n) is 15.5. The van der Waals surface area contributed by atoms with Crippen LogP contribution in [-0.4, -0.2) is 81.3 Å². The second kappa shape index (κ2) is 10.1. The van der Waals surface area contributed by atoms with Gasteiger partial charge in [0.05, 0.1) is 12.2 Å². The molecule has 1 aromatic rings. The highest BCUT2D eigenvalue weighted by atomic mass is 32.2. The van der Waals surface area contributed by atoms with E-state index in [2.05, 4.69) is 10.6 Å². The SMILES string of the molecule is N[C@@H](CO)C(=O)N[C@H]1COC(=O)c2ccc(O)c(O)c2CSC[C@@H](C(=O)O)NC1=O. The maximum Gasteiger partial charge on any atom is 0.338 e. The van der Waals surface area contributed by atoms with Crippen molar-refractivity contribution in [3.63, 3.8) is 0 Å². The first kappa shape index (κ1) is 23.3. The number of cyclic esters (lactones) is 1. The number of nitrogens with one attached hydrogen (secondary N) is 2. The summed E-state index contributed by atoms with van der Waals surface area (Å²) in [5.74, 6) is -5.33. The third kappa shape index (κ3) is 5.52. The van der Waals surface area contributed by atoms with E-state index in [4.69, 9.17) is 15.6 Å². The molecule has 0 aromatic heterocycles. The predicted octanol–water partition coefficient (Wildman–Crippen LogP) is -2.12. The predicted molar refractivity (Wildman–Crippen MR) is 103 cm³/mol. The van der Waals surface area contributed by atoms with Gasteiger partial charge in [-0.15, -0.1) is 0 Å². The second-order valence-electron chi connectivity index (χ2n) is 6.32. The summed E-state index contributed by atoms with van der Waals surface area (Å²) in [6, 6.07) is -1.89. The molecule has 1 heterocycles. The molecule has 12 nitrogen and oxygen atoms in total. The fourth-order valence-corrected chi connectivity index (χ4v) is 3.54. The number of carbonyl (C=O) groups is 4. The van der Waals surface area contributed by atoms with Gasteiger partial charge in [0.2, 0.25) is 11.8 Å². The molecule has 0 bridgehead atoms. The van der Waals surface area contributed by atoms with Crippen LogP contribution in [0.15, 0.2) is 12.1 Å². The molecule has 30 heavy (non-hydrogen) atoms. The smallest absolute Gasteiger partial charge is 0.338 e. The highest BCUT2D eigenvalue weighted by Crippen LogP contribution is 2.34. The van der Waals surface area contributed by atoms with Crippen LogP contribution in [-0.2, 0) is 24.9 Å². The van der Waals surface area contributed by atoms with Crippen molar-refractivity contribution in [2.45, 2.75) is 23.9 Å². The van der Waals surface area contributed by atoms with E-state index in [1.165, 1.54) is 6.07 Å². The number of amides is 2. The molecule has 0 saturated heterocycles. The van der Waals surface area contributed by atoms with Crippen LogP contribution in [0.4, 0.5) is 0 Å². The molecule has 0 radical (unpaired) electrons. The van der Waals surface area contributed by atoms with E-state index in [1.54, 1.807) is 0 Å². The molecule has 164 valence electrons. The van der Waals surface area contributed by atoms with Crippen LogP contribution in [0, 0.1) is 0 Å². The topological polar surface area (TPSA) is 209 Å². The number of hydrogen-bond acceptors (Lipinski definition) is 10. The van der Waals surface area contributed by atoms with Gasteiger partial charge in [0.25, 0.3) is 0 Å². The zero-order valence-corrected chi connectivity index (χ0v) is 16.3. The van der Waals surface area contributed by atoms with E-state index in [-0.39, 0.29) is 22.6 Å². The number of aliphatic hydroxyl groups excluding tert-OH is 1. The number of aliphatic carboxylic acids is 1. The van der Waals surface area contributed by atoms with Gasteiger partial charge in [-0.05, 0) is 12.1 Å². The minimum Gasteiger partial charge on any atom is -0.504 e. The number of rotatable bonds is 4. The first-order chi connectivity index (χ1) is 14.1. The Morgan fingerprint density at radius 1 is 1.33 bits per heavy atom. The van der Waals surface area contributed by atoms with Crippen LogP contribution in [0.1, 0.15) is 15.9 Å². The number of ether oxygens (including phenoxy) is 1. The Kier molecular flexibility index (Phi) is 7.86. The maximum atomic E-state index is 12.5. The Morgan fingerprint density at radius 3 is 2.67 bits per heavy atom. The Balaban J connectivity index is 2.36. The van der Waals surface area contributed by atoms with Gasteiger partial charge in [-0.25, -0.2) is 9.59 Å². The average molecular weight is 443 g/mol.